The number of benzene rings is 1. The molecule has 0 heterocycles. The molecule has 8 heteroatoms. The van der Waals surface area contributed by atoms with Gasteiger partial charge >= 0.3 is 0 Å². The van der Waals surface area contributed by atoms with E-state index in [1.807, 2.05) is 19.1 Å². The van der Waals surface area contributed by atoms with E-state index in [4.69, 9.17) is 9.84 Å². The van der Waals surface area contributed by atoms with Crippen molar-refractivity contribution in [3.05, 3.63) is 28.8 Å². The molecule has 0 amide bonds. The minimum Gasteiger partial charge on any atom is -0.394 e. The van der Waals surface area contributed by atoms with Crippen molar-refractivity contribution >= 4 is 10.0 Å². The molecule has 144 valence electrons. The van der Waals surface area contributed by atoms with Gasteiger partial charge in [0.1, 0.15) is 12.2 Å². The summed E-state index contributed by atoms with van der Waals surface area (Å²) < 4.78 is 33.2. The van der Waals surface area contributed by atoms with E-state index < -0.39 is 41.0 Å². The number of sulfonamides is 1. The average Bonchev–Trinajstić information content (AvgIpc) is 2.50. The molecule has 0 saturated carbocycles. The van der Waals surface area contributed by atoms with Crippen LogP contribution in [0.3, 0.4) is 0 Å². The van der Waals surface area contributed by atoms with E-state index in [0.29, 0.717) is 11.1 Å². The maximum atomic E-state index is 12.6. The summed E-state index contributed by atoms with van der Waals surface area (Å²) in [5.74, 6) is 0. The molecule has 4 N–H and O–H groups in total. The normalized spacial score (nSPS) is 17.1. The van der Waals surface area contributed by atoms with Gasteiger partial charge in [0.25, 0.3) is 0 Å². The first-order valence-electron chi connectivity index (χ1n) is 8.19. The van der Waals surface area contributed by atoms with Crippen LogP contribution in [-0.4, -0.2) is 61.3 Å². The number of rotatable bonds is 9. The summed E-state index contributed by atoms with van der Waals surface area (Å²) in [6.07, 6.45) is -3.86. The van der Waals surface area contributed by atoms with Gasteiger partial charge in [0.05, 0.1) is 23.7 Å². The molecule has 0 saturated heterocycles. The van der Waals surface area contributed by atoms with Crippen LogP contribution in [0.1, 0.15) is 30.5 Å². The van der Waals surface area contributed by atoms with Gasteiger partial charge in [0.2, 0.25) is 10.0 Å². The Labute approximate surface area is 149 Å². The van der Waals surface area contributed by atoms with E-state index >= 15 is 0 Å². The lowest BCUT2D eigenvalue weighted by atomic mass is 10.1. The van der Waals surface area contributed by atoms with Crippen LogP contribution < -0.4 is 4.72 Å². The maximum absolute atomic E-state index is 12.6. The van der Waals surface area contributed by atoms with Crippen LogP contribution in [0.4, 0.5) is 0 Å². The fraction of sp³-hybridized carbons (Fsp3) is 0.647. The lowest BCUT2D eigenvalue weighted by Crippen LogP contribution is -2.42. The Kier molecular flexibility index (Phi) is 7.98. The topological polar surface area (TPSA) is 116 Å². The number of ether oxygens (including phenoxy) is 1. The zero-order valence-electron chi connectivity index (χ0n) is 15.4. The Morgan fingerprint density at radius 3 is 2.12 bits per heavy atom. The van der Waals surface area contributed by atoms with Crippen LogP contribution in [0.2, 0.25) is 0 Å². The number of hydrogen-bond donors (Lipinski definition) is 4. The average molecular weight is 375 g/mol. The van der Waals surface area contributed by atoms with Crippen molar-refractivity contribution in [2.45, 2.75) is 63.9 Å². The van der Waals surface area contributed by atoms with Gasteiger partial charge < -0.3 is 20.1 Å². The molecular weight excluding hydrogens is 346 g/mol. The summed E-state index contributed by atoms with van der Waals surface area (Å²) >= 11 is 0. The fourth-order valence-corrected chi connectivity index (χ4v) is 4.37. The molecule has 0 aliphatic heterocycles. The Morgan fingerprint density at radius 2 is 1.64 bits per heavy atom. The third-order valence-electron chi connectivity index (χ3n) is 3.94. The standard InChI is InChI=1S/C17H29NO6S/c1-10-6-11(2)17(12(3)7-10)25(22,23)18-8-13(4)24-14(5)16(21)15(20)9-19/h6-7,13-16,18-21H,8-9H2,1-5H3/t13-,14?,15+,16?/m0/s1. The lowest BCUT2D eigenvalue weighted by molar-refractivity contribution is -0.111. The van der Waals surface area contributed by atoms with E-state index in [2.05, 4.69) is 4.72 Å². The van der Waals surface area contributed by atoms with Crippen LogP contribution >= 0.6 is 0 Å². The number of aliphatic hydroxyl groups excluding tert-OH is 3. The largest absolute Gasteiger partial charge is 0.394 e. The summed E-state index contributed by atoms with van der Waals surface area (Å²) in [4.78, 5) is 0.258. The minimum absolute atomic E-state index is 0.0152. The monoisotopic (exact) mass is 375 g/mol. The van der Waals surface area contributed by atoms with Gasteiger partial charge in [0.15, 0.2) is 0 Å². The molecule has 7 nitrogen and oxygen atoms in total. The Hall–Kier alpha value is -1.03. The summed E-state index contributed by atoms with van der Waals surface area (Å²) in [6.45, 7) is 8.05. The second-order valence-electron chi connectivity index (χ2n) is 6.47. The van der Waals surface area contributed by atoms with Gasteiger partial charge in [0, 0.05) is 6.54 Å². The van der Waals surface area contributed by atoms with Crippen molar-refractivity contribution in [3.8, 4) is 0 Å². The highest BCUT2D eigenvalue weighted by atomic mass is 32.2. The molecule has 1 aromatic carbocycles. The molecule has 0 spiro atoms. The van der Waals surface area contributed by atoms with Gasteiger partial charge in [-0.15, -0.1) is 0 Å². The molecule has 1 aromatic rings. The van der Waals surface area contributed by atoms with Crippen LogP contribution in [0.25, 0.3) is 0 Å². The number of hydrogen-bond acceptors (Lipinski definition) is 6. The molecule has 2 unspecified atom stereocenters. The van der Waals surface area contributed by atoms with E-state index in [0.717, 1.165) is 5.56 Å². The van der Waals surface area contributed by atoms with Crippen molar-refractivity contribution in [3.63, 3.8) is 0 Å². The smallest absolute Gasteiger partial charge is 0.241 e. The molecule has 0 aliphatic carbocycles. The highest BCUT2D eigenvalue weighted by molar-refractivity contribution is 7.89. The van der Waals surface area contributed by atoms with Crippen LogP contribution in [-0.2, 0) is 14.8 Å². The summed E-state index contributed by atoms with van der Waals surface area (Å²) in [7, 11) is -3.69. The summed E-state index contributed by atoms with van der Waals surface area (Å²) in [6, 6.07) is 3.63. The molecule has 4 atom stereocenters. The first kappa shape index (κ1) is 22.0. The van der Waals surface area contributed by atoms with Gasteiger partial charge in [-0.3, -0.25) is 0 Å². The number of nitrogens with one attached hydrogen (secondary N) is 1. The van der Waals surface area contributed by atoms with E-state index in [1.165, 1.54) is 0 Å². The van der Waals surface area contributed by atoms with Crippen molar-refractivity contribution in [2.24, 2.45) is 0 Å². The van der Waals surface area contributed by atoms with E-state index in [9.17, 15) is 18.6 Å². The predicted molar refractivity (Wildman–Crippen MR) is 94.9 cm³/mol. The molecule has 0 aliphatic rings. The van der Waals surface area contributed by atoms with Crippen molar-refractivity contribution < 1.29 is 28.5 Å². The third kappa shape index (κ3) is 6.02. The minimum atomic E-state index is -3.69. The highest BCUT2D eigenvalue weighted by Gasteiger charge is 2.26. The van der Waals surface area contributed by atoms with Crippen LogP contribution in [0.5, 0.6) is 0 Å². The Morgan fingerprint density at radius 1 is 1.12 bits per heavy atom. The molecule has 0 radical (unpaired) electrons. The van der Waals surface area contributed by atoms with Gasteiger partial charge in [-0.25, -0.2) is 13.1 Å². The maximum Gasteiger partial charge on any atom is 0.241 e. The Balaban J connectivity index is 2.74. The van der Waals surface area contributed by atoms with Gasteiger partial charge in [-0.05, 0) is 45.7 Å². The fourth-order valence-electron chi connectivity index (χ4n) is 2.81. The van der Waals surface area contributed by atoms with E-state index in [1.54, 1.807) is 27.7 Å². The zero-order valence-corrected chi connectivity index (χ0v) is 16.2. The molecule has 0 bridgehead atoms. The molecule has 0 aromatic heterocycles. The zero-order chi connectivity index (χ0) is 19.4. The predicted octanol–water partition coefficient (Wildman–Crippen LogP) is 0.398. The van der Waals surface area contributed by atoms with Crippen molar-refractivity contribution in [1.29, 1.82) is 0 Å². The Bertz CT molecular complexity index is 653. The molecule has 0 fully saturated rings. The number of aliphatic hydroxyl groups is 3. The molecular formula is C17H29NO6S. The molecule has 25 heavy (non-hydrogen) atoms. The van der Waals surface area contributed by atoms with Crippen molar-refractivity contribution in [1.82, 2.24) is 4.72 Å². The van der Waals surface area contributed by atoms with E-state index in [-0.39, 0.29) is 11.4 Å². The quantitative estimate of drug-likeness (QED) is 0.496. The van der Waals surface area contributed by atoms with Gasteiger partial charge in [-0.1, -0.05) is 17.7 Å². The second kappa shape index (κ2) is 9.07. The highest BCUT2D eigenvalue weighted by Crippen LogP contribution is 2.21. The third-order valence-corrected chi connectivity index (χ3v) is 5.67. The van der Waals surface area contributed by atoms with Crippen LogP contribution in [0, 0.1) is 20.8 Å². The SMILES string of the molecule is Cc1cc(C)c(S(=O)(=O)NC[C@H](C)OC(C)C(O)[C@H](O)CO)c(C)c1. The first-order chi connectivity index (χ1) is 11.5. The van der Waals surface area contributed by atoms with Gasteiger partial charge in [-0.2, -0.15) is 0 Å². The summed E-state index contributed by atoms with van der Waals surface area (Å²) in [5, 5.41) is 28.0. The lowest BCUT2D eigenvalue weighted by Gasteiger charge is -2.26. The van der Waals surface area contributed by atoms with Crippen LogP contribution in [0.15, 0.2) is 17.0 Å². The van der Waals surface area contributed by atoms with Crippen molar-refractivity contribution in [2.75, 3.05) is 13.2 Å². The first-order valence-corrected chi connectivity index (χ1v) is 9.67. The second-order valence-corrected chi connectivity index (χ2v) is 8.18. The summed E-state index contributed by atoms with van der Waals surface area (Å²) in [5.41, 5.74) is 2.35. The molecule has 1 rings (SSSR count). The number of aryl methyl sites for hydroxylation is 3.